The Bertz CT molecular complexity index is 347. The second kappa shape index (κ2) is 6.44. The number of alkyl halides is 4. The number of ether oxygens (including phenoxy) is 1. The summed E-state index contributed by atoms with van der Waals surface area (Å²) in [5.74, 6) is 0. The van der Waals surface area contributed by atoms with Crippen LogP contribution in [-0.2, 0) is 4.74 Å². The molecule has 0 aromatic carbocycles. The third-order valence-corrected chi connectivity index (χ3v) is 5.96. The Morgan fingerprint density at radius 1 is 1.37 bits per heavy atom. The van der Waals surface area contributed by atoms with Gasteiger partial charge in [-0.15, -0.1) is 0 Å². The van der Waals surface area contributed by atoms with E-state index in [-0.39, 0.29) is 11.5 Å². The van der Waals surface area contributed by atoms with Crippen LogP contribution in [0.1, 0.15) is 0 Å². The summed E-state index contributed by atoms with van der Waals surface area (Å²) in [6.45, 7) is 7.31. The van der Waals surface area contributed by atoms with E-state index in [1.165, 1.54) is 4.90 Å². The SMILES string of the molecule is C[Si](C)(C)CCOCN1C(Br)=N[C@@H](C(F)(F)F)C1Br. The molecule has 1 heterocycles. The van der Waals surface area contributed by atoms with Gasteiger partial charge in [0.05, 0.1) is 0 Å². The van der Waals surface area contributed by atoms with Crippen molar-refractivity contribution in [1.29, 1.82) is 0 Å². The molecular weight excluding hydrogens is 409 g/mol. The first-order valence-corrected chi connectivity index (χ1v) is 11.2. The summed E-state index contributed by atoms with van der Waals surface area (Å²) in [4.78, 5) is 4.06. The Labute approximate surface area is 128 Å². The Hall–Kier alpha value is 0.397. The first kappa shape index (κ1) is 17.4. The second-order valence-corrected chi connectivity index (χ2v) is 12.8. The lowest BCUT2D eigenvalue weighted by Crippen LogP contribution is -2.41. The lowest BCUT2D eigenvalue weighted by molar-refractivity contribution is -0.149. The lowest BCUT2D eigenvalue weighted by Gasteiger charge is -2.25. The van der Waals surface area contributed by atoms with Gasteiger partial charge in [-0.05, 0) is 22.0 Å². The third-order valence-electron chi connectivity index (χ3n) is 2.60. The molecule has 1 rings (SSSR count). The molecule has 2 atom stereocenters. The molecule has 0 bridgehead atoms. The fourth-order valence-corrected chi connectivity index (χ4v) is 3.72. The molecule has 0 aromatic rings. The summed E-state index contributed by atoms with van der Waals surface area (Å²) < 4.78 is 43.7. The summed E-state index contributed by atoms with van der Waals surface area (Å²) in [5.41, 5.74) is 0. The number of nitrogens with zero attached hydrogens (tertiary/aromatic N) is 2. The van der Waals surface area contributed by atoms with E-state index in [0.29, 0.717) is 6.61 Å². The summed E-state index contributed by atoms with van der Waals surface area (Å²) in [5, 5.41) is 0. The zero-order chi connectivity index (χ0) is 14.8. The van der Waals surface area contributed by atoms with Crippen molar-refractivity contribution < 1.29 is 17.9 Å². The second-order valence-electron chi connectivity index (χ2n) is 5.58. The average Bonchev–Trinajstić information content (AvgIpc) is 2.48. The molecule has 0 amide bonds. The van der Waals surface area contributed by atoms with E-state index < -0.39 is 25.2 Å². The summed E-state index contributed by atoms with van der Waals surface area (Å²) in [6, 6.07) is -0.784. The number of rotatable bonds is 5. The Morgan fingerprint density at radius 3 is 2.37 bits per heavy atom. The molecular formula is C10H17Br2F3N2OSi. The van der Waals surface area contributed by atoms with Crippen molar-refractivity contribution in [2.45, 2.75) is 42.9 Å². The predicted molar refractivity (Wildman–Crippen MR) is 79.7 cm³/mol. The van der Waals surface area contributed by atoms with Gasteiger partial charge in [0.1, 0.15) is 11.7 Å². The highest BCUT2D eigenvalue weighted by Crippen LogP contribution is 2.36. The quantitative estimate of drug-likeness (QED) is 0.287. The standard InChI is InChI=1S/C10H17Br2F3N2OSi/c1-19(2,3)5-4-18-6-17-8(11)7(10(13,14)15)16-9(17)12/h7-8H,4-6H2,1-3H3/t7-,8?/m1/s1. The van der Waals surface area contributed by atoms with Gasteiger partial charge in [-0.3, -0.25) is 0 Å². The minimum atomic E-state index is -4.36. The van der Waals surface area contributed by atoms with Crippen LogP contribution >= 0.6 is 31.9 Å². The molecule has 0 fully saturated rings. The van der Waals surface area contributed by atoms with E-state index in [1.807, 2.05) is 0 Å². The molecule has 112 valence electrons. The van der Waals surface area contributed by atoms with E-state index in [1.54, 1.807) is 0 Å². The van der Waals surface area contributed by atoms with Gasteiger partial charge in [-0.1, -0.05) is 35.6 Å². The zero-order valence-electron chi connectivity index (χ0n) is 11.0. The van der Waals surface area contributed by atoms with Crippen molar-refractivity contribution in [2.75, 3.05) is 13.3 Å². The lowest BCUT2D eigenvalue weighted by atomic mass is 10.3. The molecule has 0 spiro atoms. The maximum Gasteiger partial charge on any atom is 0.413 e. The van der Waals surface area contributed by atoms with Crippen LogP contribution in [0.15, 0.2) is 4.99 Å². The van der Waals surface area contributed by atoms with Crippen LogP contribution in [0, 0.1) is 0 Å². The highest BCUT2D eigenvalue weighted by Gasteiger charge is 2.50. The van der Waals surface area contributed by atoms with Crippen molar-refractivity contribution in [3.63, 3.8) is 0 Å². The normalized spacial score (nSPS) is 24.8. The summed E-state index contributed by atoms with van der Waals surface area (Å²) in [7, 11) is -1.19. The summed E-state index contributed by atoms with van der Waals surface area (Å²) in [6.07, 6.45) is -4.36. The van der Waals surface area contributed by atoms with Gasteiger partial charge in [0.15, 0.2) is 10.8 Å². The van der Waals surface area contributed by atoms with Crippen molar-refractivity contribution in [3.05, 3.63) is 0 Å². The van der Waals surface area contributed by atoms with E-state index in [4.69, 9.17) is 4.74 Å². The first-order chi connectivity index (χ1) is 8.52. The fraction of sp³-hybridized carbons (Fsp3) is 0.900. The Kier molecular flexibility index (Phi) is 5.92. The van der Waals surface area contributed by atoms with Crippen LogP contribution in [-0.4, -0.2) is 48.2 Å². The molecule has 3 nitrogen and oxygen atoms in total. The first-order valence-electron chi connectivity index (χ1n) is 5.81. The minimum absolute atomic E-state index is 0.0943. The topological polar surface area (TPSA) is 24.8 Å². The smallest absolute Gasteiger partial charge is 0.361 e. The third kappa shape index (κ3) is 5.35. The zero-order valence-corrected chi connectivity index (χ0v) is 15.1. The number of halogens is 5. The molecule has 1 aliphatic rings. The van der Waals surface area contributed by atoms with Gasteiger partial charge in [0.25, 0.3) is 0 Å². The average molecular weight is 426 g/mol. The van der Waals surface area contributed by atoms with Gasteiger partial charge in [0, 0.05) is 14.7 Å². The van der Waals surface area contributed by atoms with Crippen LogP contribution in [0.25, 0.3) is 0 Å². The number of amidine groups is 1. The Balaban J connectivity index is 2.46. The number of aliphatic imine (C=N–C) groups is 1. The number of hydrogen-bond acceptors (Lipinski definition) is 3. The largest absolute Gasteiger partial charge is 0.413 e. The van der Waals surface area contributed by atoms with E-state index >= 15 is 0 Å². The van der Waals surface area contributed by atoms with E-state index in [9.17, 15) is 13.2 Å². The van der Waals surface area contributed by atoms with Gasteiger partial charge >= 0.3 is 6.18 Å². The van der Waals surface area contributed by atoms with Crippen LogP contribution in [0.4, 0.5) is 13.2 Å². The number of hydrogen-bond donors (Lipinski definition) is 0. The van der Waals surface area contributed by atoms with E-state index in [2.05, 4.69) is 56.5 Å². The van der Waals surface area contributed by atoms with Crippen molar-refractivity contribution in [1.82, 2.24) is 4.90 Å². The molecule has 0 radical (unpaired) electrons. The maximum absolute atomic E-state index is 12.7. The molecule has 9 heteroatoms. The van der Waals surface area contributed by atoms with Crippen LogP contribution in [0.2, 0.25) is 25.7 Å². The van der Waals surface area contributed by atoms with Crippen LogP contribution in [0.5, 0.6) is 0 Å². The highest BCUT2D eigenvalue weighted by molar-refractivity contribution is 9.18. The molecule has 0 saturated heterocycles. The van der Waals surface area contributed by atoms with Crippen molar-refractivity contribution in [3.8, 4) is 0 Å². The molecule has 1 aliphatic heterocycles. The molecule has 19 heavy (non-hydrogen) atoms. The Morgan fingerprint density at radius 2 is 1.95 bits per heavy atom. The van der Waals surface area contributed by atoms with Gasteiger partial charge in [-0.25, -0.2) is 4.99 Å². The van der Waals surface area contributed by atoms with Gasteiger partial charge in [0.2, 0.25) is 0 Å². The minimum Gasteiger partial charge on any atom is -0.361 e. The monoisotopic (exact) mass is 424 g/mol. The van der Waals surface area contributed by atoms with Crippen LogP contribution < -0.4 is 0 Å². The molecule has 0 aromatic heterocycles. The van der Waals surface area contributed by atoms with Gasteiger partial charge < -0.3 is 9.64 Å². The maximum atomic E-state index is 12.7. The fourth-order valence-electron chi connectivity index (χ4n) is 1.42. The predicted octanol–water partition coefficient (Wildman–Crippen LogP) is 4.02. The summed E-state index contributed by atoms with van der Waals surface area (Å²) >= 11 is 6.07. The molecule has 0 aliphatic carbocycles. The van der Waals surface area contributed by atoms with Gasteiger partial charge in [-0.2, -0.15) is 13.2 Å². The molecule has 1 unspecified atom stereocenters. The molecule has 0 N–H and O–H groups in total. The van der Waals surface area contributed by atoms with Crippen molar-refractivity contribution >= 4 is 44.7 Å². The van der Waals surface area contributed by atoms with E-state index in [0.717, 1.165) is 6.04 Å². The molecule has 0 saturated carbocycles. The van der Waals surface area contributed by atoms with Crippen molar-refractivity contribution in [2.24, 2.45) is 4.99 Å². The van der Waals surface area contributed by atoms with Crippen LogP contribution in [0.3, 0.4) is 0 Å². The highest BCUT2D eigenvalue weighted by atomic mass is 79.9.